The van der Waals surface area contributed by atoms with Gasteiger partial charge in [0, 0.05) is 38.9 Å². The van der Waals surface area contributed by atoms with Crippen molar-refractivity contribution in [2.75, 3.05) is 33.2 Å². The van der Waals surface area contributed by atoms with Crippen LogP contribution in [-0.2, 0) is 13.6 Å². The highest BCUT2D eigenvalue weighted by Crippen LogP contribution is 2.27. The first-order valence-corrected chi connectivity index (χ1v) is 11.2. The predicted octanol–water partition coefficient (Wildman–Crippen LogP) is 3.68. The molecule has 1 aliphatic heterocycles. The SMILES string of the molecule is CCNC(=NCC(c1ccc(C)o1)N1CCCC1)N(C)Cc1cn(C)nc1C(C)C. The molecule has 0 spiro atoms. The number of aromatic nitrogens is 2. The Kier molecular flexibility index (Phi) is 7.58. The number of nitrogens with zero attached hydrogens (tertiary/aromatic N) is 5. The van der Waals surface area contributed by atoms with Crippen molar-refractivity contribution in [2.45, 2.75) is 59.0 Å². The van der Waals surface area contributed by atoms with Crippen LogP contribution in [-0.4, -0.2) is 58.8 Å². The molecule has 0 amide bonds. The third-order valence-electron chi connectivity index (χ3n) is 5.67. The van der Waals surface area contributed by atoms with E-state index in [1.54, 1.807) is 0 Å². The Labute approximate surface area is 181 Å². The lowest BCUT2D eigenvalue weighted by atomic mass is 10.1. The highest BCUT2D eigenvalue weighted by molar-refractivity contribution is 5.79. The molecule has 0 aliphatic carbocycles. The van der Waals surface area contributed by atoms with Gasteiger partial charge >= 0.3 is 0 Å². The van der Waals surface area contributed by atoms with Crippen LogP contribution in [0.3, 0.4) is 0 Å². The standard InChI is InChI=1S/C23H38N6O/c1-7-24-23(27(5)15-19-16-28(6)26-22(19)17(2)3)25-14-20(29-12-8-9-13-29)21-11-10-18(4)30-21/h10-11,16-17,20H,7-9,12-15H2,1-6H3,(H,24,25). The molecular formula is C23H38N6O. The third-order valence-corrected chi connectivity index (χ3v) is 5.67. The Morgan fingerprint density at radius 3 is 2.63 bits per heavy atom. The summed E-state index contributed by atoms with van der Waals surface area (Å²) in [5, 5.41) is 8.11. The highest BCUT2D eigenvalue weighted by atomic mass is 16.3. The topological polar surface area (TPSA) is 61.8 Å². The molecule has 2 aromatic heterocycles. The molecule has 0 bridgehead atoms. The number of furan rings is 1. The van der Waals surface area contributed by atoms with E-state index >= 15 is 0 Å². The Morgan fingerprint density at radius 2 is 2.03 bits per heavy atom. The van der Waals surface area contributed by atoms with E-state index in [1.807, 2.05) is 18.7 Å². The van der Waals surface area contributed by atoms with Crippen molar-refractivity contribution < 1.29 is 4.42 Å². The Balaban J connectivity index is 1.78. The van der Waals surface area contributed by atoms with Crippen LogP contribution < -0.4 is 5.32 Å². The first kappa shape index (κ1) is 22.4. The van der Waals surface area contributed by atoms with E-state index < -0.39 is 0 Å². The minimum atomic E-state index is 0.188. The number of rotatable bonds is 8. The van der Waals surface area contributed by atoms with Gasteiger partial charge in [0.1, 0.15) is 11.5 Å². The van der Waals surface area contributed by atoms with Crippen LogP contribution in [0.2, 0.25) is 0 Å². The molecule has 3 heterocycles. The zero-order valence-electron chi connectivity index (χ0n) is 19.5. The summed E-state index contributed by atoms with van der Waals surface area (Å²) in [5.41, 5.74) is 2.40. The molecule has 1 fully saturated rings. The second kappa shape index (κ2) is 10.2. The van der Waals surface area contributed by atoms with E-state index in [9.17, 15) is 0 Å². The van der Waals surface area contributed by atoms with Gasteiger partial charge in [-0.2, -0.15) is 5.10 Å². The second-order valence-corrected chi connectivity index (χ2v) is 8.63. The van der Waals surface area contributed by atoms with Gasteiger partial charge < -0.3 is 14.6 Å². The number of aliphatic imine (C=N–C) groups is 1. The number of likely N-dealkylation sites (tertiary alicyclic amines) is 1. The lowest BCUT2D eigenvalue weighted by molar-refractivity contribution is 0.218. The van der Waals surface area contributed by atoms with Gasteiger partial charge in [-0.25, -0.2) is 0 Å². The zero-order chi connectivity index (χ0) is 21.7. The molecule has 1 N–H and O–H groups in total. The van der Waals surface area contributed by atoms with E-state index in [1.165, 1.54) is 18.4 Å². The van der Waals surface area contributed by atoms with Crippen molar-refractivity contribution in [2.24, 2.45) is 12.0 Å². The van der Waals surface area contributed by atoms with Gasteiger partial charge in [-0.05, 0) is 57.8 Å². The van der Waals surface area contributed by atoms with Crippen molar-refractivity contribution in [3.63, 3.8) is 0 Å². The number of hydrogen-bond donors (Lipinski definition) is 1. The van der Waals surface area contributed by atoms with E-state index in [0.717, 1.165) is 49.4 Å². The Hall–Kier alpha value is -2.28. The van der Waals surface area contributed by atoms with Crippen LogP contribution in [0, 0.1) is 6.92 Å². The van der Waals surface area contributed by atoms with E-state index in [0.29, 0.717) is 12.5 Å². The van der Waals surface area contributed by atoms with Crippen LogP contribution in [0.5, 0.6) is 0 Å². The molecule has 30 heavy (non-hydrogen) atoms. The van der Waals surface area contributed by atoms with Crippen molar-refractivity contribution in [3.8, 4) is 0 Å². The fourth-order valence-electron chi connectivity index (χ4n) is 4.21. The molecule has 7 nitrogen and oxygen atoms in total. The lowest BCUT2D eigenvalue weighted by Gasteiger charge is -2.26. The normalized spacial score (nSPS) is 16.4. The maximum absolute atomic E-state index is 6.00. The van der Waals surface area contributed by atoms with Crippen molar-refractivity contribution in [3.05, 3.63) is 41.1 Å². The summed E-state index contributed by atoms with van der Waals surface area (Å²) < 4.78 is 7.90. The van der Waals surface area contributed by atoms with Gasteiger partial charge in [0.15, 0.2) is 5.96 Å². The molecular weight excluding hydrogens is 376 g/mol. The number of hydrogen-bond acceptors (Lipinski definition) is 4. The van der Waals surface area contributed by atoms with Gasteiger partial charge in [-0.15, -0.1) is 0 Å². The van der Waals surface area contributed by atoms with Crippen LogP contribution >= 0.6 is 0 Å². The summed E-state index contributed by atoms with van der Waals surface area (Å²) in [5.74, 6) is 3.30. The second-order valence-electron chi connectivity index (χ2n) is 8.63. The summed E-state index contributed by atoms with van der Waals surface area (Å²) in [6, 6.07) is 4.34. The molecule has 1 saturated heterocycles. The molecule has 0 saturated carbocycles. The molecule has 0 aromatic carbocycles. The Bertz CT molecular complexity index is 831. The quantitative estimate of drug-likeness (QED) is 0.527. The molecule has 1 atom stereocenters. The maximum Gasteiger partial charge on any atom is 0.194 e. The minimum Gasteiger partial charge on any atom is -0.465 e. The van der Waals surface area contributed by atoms with Crippen LogP contribution in [0.25, 0.3) is 0 Å². The smallest absolute Gasteiger partial charge is 0.194 e. The average Bonchev–Trinajstić information content (AvgIpc) is 3.43. The minimum absolute atomic E-state index is 0.188. The zero-order valence-corrected chi connectivity index (χ0v) is 19.5. The first-order chi connectivity index (χ1) is 14.4. The van der Waals surface area contributed by atoms with Crippen LogP contribution in [0.4, 0.5) is 0 Å². The van der Waals surface area contributed by atoms with Crippen molar-refractivity contribution in [1.82, 2.24) is 24.9 Å². The number of guanidine groups is 1. The van der Waals surface area contributed by atoms with Gasteiger partial charge in [0.2, 0.25) is 0 Å². The molecule has 7 heteroatoms. The fraction of sp³-hybridized carbons (Fsp3) is 0.652. The van der Waals surface area contributed by atoms with E-state index in [4.69, 9.17) is 9.41 Å². The Morgan fingerprint density at radius 1 is 1.30 bits per heavy atom. The maximum atomic E-state index is 6.00. The molecule has 1 aliphatic rings. The molecule has 2 aromatic rings. The summed E-state index contributed by atoms with van der Waals surface area (Å²) in [6.07, 6.45) is 4.62. The van der Waals surface area contributed by atoms with E-state index in [2.05, 4.69) is 66.4 Å². The largest absolute Gasteiger partial charge is 0.465 e. The molecule has 0 radical (unpaired) electrons. The summed E-state index contributed by atoms with van der Waals surface area (Å²) in [4.78, 5) is 9.72. The summed E-state index contributed by atoms with van der Waals surface area (Å²) >= 11 is 0. The van der Waals surface area contributed by atoms with Crippen LogP contribution in [0.1, 0.15) is 68.4 Å². The fourth-order valence-corrected chi connectivity index (χ4v) is 4.21. The van der Waals surface area contributed by atoms with Crippen molar-refractivity contribution >= 4 is 5.96 Å². The molecule has 3 rings (SSSR count). The molecule has 166 valence electrons. The van der Waals surface area contributed by atoms with Crippen molar-refractivity contribution in [1.29, 1.82) is 0 Å². The monoisotopic (exact) mass is 414 g/mol. The molecule has 1 unspecified atom stereocenters. The predicted molar refractivity (Wildman–Crippen MR) is 122 cm³/mol. The van der Waals surface area contributed by atoms with Gasteiger partial charge in [0.05, 0.1) is 18.3 Å². The average molecular weight is 415 g/mol. The van der Waals surface area contributed by atoms with Gasteiger partial charge in [0.25, 0.3) is 0 Å². The van der Waals surface area contributed by atoms with E-state index in [-0.39, 0.29) is 6.04 Å². The van der Waals surface area contributed by atoms with Crippen LogP contribution in [0.15, 0.2) is 27.7 Å². The number of aryl methyl sites for hydroxylation is 2. The third kappa shape index (κ3) is 5.45. The van der Waals surface area contributed by atoms with Gasteiger partial charge in [-0.3, -0.25) is 14.6 Å². The van der Waals surface area contributed by atoms with Gasteiger partial charge in [-0.1, -0.05) is 13.8 Å². The highest BCUT2D eigenvalue weighted by Gasteiger charge is 2.26. The first-order valence-electron chi connectivity index (χ1n) is 11.2. The summed E-state index contributed by atoms with van der Waals surface area (Å²) in [7, 11) is 4.08. The number of nitrogens with one attached hydrogen (secondary N) is 1. The lowest BCUT2D eigenvalue weighted by Crippen LogP contribution is -2.39. The summed E-state index contributed by atoms with van der Waals surface area (Å²) in [6.45, 7) is 13.0.